The summed E-state index contributed by atoms with van der Waals surface area (Å²) >= 11 is 0. The Hall–Kier alpha value is 0.280. The Morgan fingerprint density at radius 3 is 1.62 bits per heavy atom. The van der Waals surface area contributed by atoms with Gasteiger partial charge in [0.25, 0.3) is 0 Å². The zero-order valence-corrected chi connectivity index (χ0v) is 7.60. The summed E-state index contributed by atoms with van der Waals surface area (Å²) < 4.78 is 0. The summed E-state index contributed by atoms with van der Waals surface area (Å²) in [6, 6.07) is 0. The molecule has 0 amide bonds. The molecule has 1 aromatic rings. The molecule has 0 aliphatic heterocycles. The van der Waals surface area contributed by atoms with E-state index in [-0.39, 0.29) is 29.6 Å². The van der Waals surface area contributed by atoms with Crippen LogP contribution in [0, 0.1) is 13.8 Å². The molecule has 0 spiro atoms. The molecule has 1 aromatic heterocycles. The molecule has 0 atom stereocenters. The van der Waals surface area contributed by atoms with Crippen LogP contribution in [0.15, 0.2) is 12.4 Å². The fourth-order valence-electron chi connectivity index (χ4n) is 0.465. The van der Waals surface area contributed by atoms with Gasteiger partial charge in [-0.05, 0) is 13.8 Å². The molecule has 0 N–H and O–H groups in total. The SMILES string of the molecule is Cc1c[n-]cc1C.[Na+]. The van der Waals surface area contributed by atoms with Crippen LogP contribution in [-0.2, 0) is 0 Å². The molecule has 0 aromatic carbocycles. The maximum absolute atomic E-state index is 3.92. The van der Waals surface area contributed by atoms with Gasteiger partial charge < -0.3 is 4.98 Å². The van der Waals surface area contributed by atoms with Crippen molar-refractivity contribution in [1.29, 1.82) is 0 Å². The van der Waals surface area contributed by atoms with Crippen molar-refractivity contribution in [1.82, 2.24) is 4.98 Å². The Morgan fingerprint density at radius 1 is 1.12 bits per heavy atom. The molecule has 1 nitrogen and oxygen atoms in total. The molecule has 2 heteroatoms. The van der Waals surface area contributed by atoms with Crippen molar-refractivity contribution in [3.05, 3.63) is 23.5 Å². The van der Waals surface area contributed by atoms with Crippen molar-refractivity contribution >= 4 is 0 Å². The van der Waals surface area contributed by atoms with Crippen molar-refractivity contribution in [3.8, 4) is 0 Å². The zero-order valence-electron chi connectivity index (χ0n) is 5.60. The molecule has 0 aliphatic rings. The smallest absolute Gasteiger partial charge is 0.670 e. The molecule has 1 heterocycles. The Bertz CT molecular complexity index is 141. The number of nitrogens with zero attached hydrogens (tertiary/aromatic N) is 1. The van der Waals surface area contributed by atoms with Crippen LogP contribution in [0.1, 0.15) is 11.1 Å². The molecular weight excluding hydrogens is 109 g/mol. The van der Waals surface area contributed by atoms with Crippen LogP contribution in [0.25, 0.3) is 0 Å². The Labute approximate surface area is 71.8 Å². The van der Waals surface area contributed by atoms with Crippen molar-refractivity contribution in [2.75, 3.05) is 0 Å². The fraction of sp³-hybridized carbons (Fsp3) is 0.333. The third-order valence-electron chi connectivity index (χ3n) is 1.16. The fourth-order valence-corrected chi connectivity index (χ4v) is 0.465. The molecule has 0 bridgehead atoms. The minimum absolute atomic E-state index is 0. The van der Waals surface area contributed by atoms with Crippen molar-refractivity contribution in [2.24, 2.45) is 0 Å². The van der Waals surface area contributed by atoms with Crippen LogP contribution in [-0.4, -0.2) is 0 Å². The maximum Gasteiger partial charge on any atom is 1.00 e. The van der Waals surface area contributed by atoms with E-state index in [0.717, 1.165) is 0 Å². The first-order valence-corrected chi connectivity index (χ1v) is 2.34. The molecule has 0 radical (unpaired) electrons. The minimum Gasteiger partial charge on any atom is -0.670 e. The Kier molecular flexibility index (Phi) is 3.45. The first-order chi connectivity index (χ1) is 3.30. The van der Waals surface area contributed by atoms with Crippen LogP contribution in [0.5, 0.6) is 0 Å². The third kappa shape index (κ3) is 1.66. The first kappa shape index (κ1) is 8.28. The summed E-state index contributed by atoms with van der Waals surface area (Å²) in [5.41, 5.74) is 2.56. The standard InChI is InChI=1S/C6H8N.Na/c1-5-3-7-4-6(5)2;/h3-4H,1-2H3;/q-1;+1. The average molecular weight is 117 g/mol. The molecule has 1 rings (SSSR count). The van der Waals surface area contributed by atoms with E-state index in [1.807, 2.05) is 12.4 Å². The largest absolute Gasteiger partial charge is 1.00 e. The van der Waals surface area contributed by atoms with Crippen LogP contribution in [0.4, 0.5) is 0 Å². The summed E-state index contributed by atoms with van der Waals surface area (Å²) in [5.74, 6) is 0. The summed E-state index contributed by atoms with van der Waals surface area (Å²) in [4.78, 5) is 3.92. The molecule has 0 saturated carbocycles. The normalized spacial score (nSPS) is 8.25. The first-order valence-electron chi connectivity index (χ1n) is 2.34. The van der Waals surface area contributed by atoms with Gasteiger partial charge in [0.15, 0.2) is 0 Å². The van der Waals surface area contributed by atoms with E-state index in [0.29, 0.717) is 0 Å². The zero-order chi connectivity index (χ0) is 5.28. The molecule has 0 unspecified atom stereocenters. The quantitative estimate of drug-likeness (QED) is 0.368. The van der Waals surface area contributed by atoms with Crippen LogP contribution in [0.3, 0.4) is 0 Å². The van der Waals surface area contributed by atoms with Gasteiger partial charge >= 0.3 is 29.6 Å². The Balaban J connectivity index is 0.000000490. The van der Waals surface area contributed by atoms with E-state index in [2.05, 4.69) is 18.8 Å². The van der Waals surface area contributed by atoms with E-state index in [9.17, 15) is 0 Å². The number of aryl methyl sites for hydroxylation is 2. The van der Waals surface area contributed by atoms with Crippen LogP contribution in [0.2, 0.25) is 0 Å². The second-order valence-electron chi connectivity index (χ2n) is 1.77. The van der Waals surface area contributed by atoms with Gasteiger partial charge in [-0.3, -0.25) is 0 Å². The van der Waals surface area contributed by atoms with Crippen molar-refractivity contribution in [3.63, 3.8) is 0 Å². The molecule has 0 fully saturated rings. The van der Waals surface area contributed by atoms with Crippen molar-refractivity contribution in [2.45, 2.75) is 13.8 Å². The number of hydrogen-bond acceptors (Lipinski definition) is 0. The Morgan fingerprint density at radius 2 is 1.50 bits per heavy atom. The van der Waals surface area contributed by atoms with Gasteiger partial charge in [0.05, 0.1) is 0 Å². The molecular formula is C6H8NNa. The van der Waals surface area contributed by atoms with E-state index < -0.39 is 0 Å². The molecule has 8 heavy (non-hydrogen) atoms. The van der Waals surface area contributed by atoms with Gasteiger partial charge in [-0.25, -0.2) is 0 Å². The van der Waals surface area contributed by atoms with E-state index in [1.54, 1.807) is 0 Å². The number of hydrogen-bond donors (Lipinski definition) is 0. The monoisotopic (exact) mass is 117 g/mol. The molecule has 0 saturated heterocycles. The average Bonchev–Trinajstić information content (AvgIpc) is 1.91. The second-order valence-corrected chi connectivity index (χ2v) is 1.77. The van der Waals surface area contributed by atoms with E-state index >= 15 is 0 Å². The molecule has 38 valence electrons. The number of rotatable bonds is 0. The molecule has 0 aliphatic carbocycles. The predicted molar refractivity (Wildman–Crippen MR) is 29.2 cm³/mol. The topological polar surface area (TPSA) is 14.1 Å². The van der Waals surface area contributed by atoms with Gasteiger partial charge in [0.1, 0.15) is 0 Å². The van der Waals surface area contributed by atoms with Gasteiger partial charge in [-0.1, -0.05) is 11.1 Å². The van der Waals surface area contributed by atoms with Crippen molar-refractivity contribution < 1.29 is 29.6 Å². The summed E-state index contributed by atoms with van der Waals surface area (Å²) in [6.45, 7) is 4.12. The number of aromatic nitrogens is 1. The summed E-state index contributed by atoms with van der Waals surface area (Å²) in [5, 5.41) is 0. The summed E-state index contributed by atoms with van der Waals surface area (Å²) in [6.07, 6.45) is 3.74. The van der Waals surface area contributed by atoms with Gasteiger partial charge in [-0.2, -0.15) is 12.4 Å². The van der Waals surface area contributed by atoms with Crippen LogP contribution < -0.4 is 34.5 Å². The third-order valence-corrected chi connectivity index (χ3v) is 1.16. The van der Waals surface area contributed by atoms with Crippen LogP contribution >= 0.6 is 0 Å². The van der Waals surface area contributed by atoms with E-state index in [1.165, 1.54) is 11.1 Å². The van der Waals surface area contributed by atoms with E-state index in [4.69, 9.17) is 0 Å². The second kappa shape index (κ2) is 3.33. The predicted octanol–water partition coefficient (Wildman–Crippen LogP) is -1.74. The van der Waals surface area contributed by atoms with Gasteiger partial charge in [-0.15, -0.1) is 0 Å². The van der Waals surface area contributed by atoms with Gasteiger partial charge in [0, 0.05) is 0 Å². The van der Waals surface area contributed by atoms with Gasteiger partial charge in [0.2, 0.25) is 0 Å². The minimum atomic E-state index is 0. The summed E-state index contributed by atoms with van der Waals surface area (Å²) in [7, 11) is 0. The maximum atomic E-state index is 3.92.